The van der Waals surface area contributed by atoms with E-state index >= 15 is 4.79 Å². The maximum atomic E-state index is 15.5. The molecule has 61 heavy (non-hydrogen) atoms. The van der Waals surface area contributed by atoms with Crippen LogP contribution in [-0.2, 0) is 40.9 Å². The molecule has 1 aromatic heterocycles. The number of para-hydroxylation sites is 1. The van der Waals surface area contributed by atoms with E-state index in [9.17, 15) is 36.3 Å². The third-order valence-electron chi connectivity index (χ3n) is 13.7. The predicted molar refractivity (Wildman–Crippen MR) is 229 cm³/mol. The Morgan fingerprint density at radius 1 is 1.08 bits per heavy atom. The van der Waals surface area contributed by atoms with Crippen molar-refractivity contribution in [1.82, 2.24) is 29.1 Å². The van der Waals surface area contributed by atoms with Crippen LogP contribution in [0.3, 0.4) is 0 Å². The highest BCUT2D eigenvalue weighted by Gasteiger charge is 2.64. The first kappa shape index (κ1) is 44.8. The zero-order valence-electron chi connectivity index (χ0n) is 36.2. The third-order valence-corrected chi connectivity index (χ3v) is 17.2. The molecule has 3 fully saturated rings. The number of nitrogens with one attached hydrogen (secondary N) is 2. The Bertz CT molecular complexity index is 2380. The van der Waals surface area contributed by atoms with Crippen molar-refractivity contribution in [3.05, 3.63) is 47.7 Å². The number of ether oxygens (including phenoxy) is 1. The number of carbonyl (C=O) groups excluding carboxylic acids is 3. The van der Waals surface area contributed by atoms with Gasteiger partial charge in [0.05, 0.1) is 34.8 Å². The number of amides is 4. The zero-order chi connectivity index (χ0) is 44.5. The summed E-state index contributed by atoms with van der Waals surface area (Å²) in [5.74, 6) is -2.11. The molecule has 4 heterocycles. The first-order valence-corrected chi connectivity index (χ1v) is 24.6. The fourth-order valence-electron chi connectivity index (χ4n) is 9.39. The fraction of sp³-hybridized carbons (Fsp3) is 0.651. The van der Waals surface area contributed by atoms with Crippen LogP contribution in [0, 0.1) is 18.3 Å². The van der Waals surface area contributed by atoms with Gasteiger partial charge in [0.15, 0.2) is 0 Å². The van der Waals surface area contributed by atoms with Crippen LogP contribution in [0.4, 0.5) is 4.79 Å². The summed E-state index contributed by atoms with van der Waals surface area (Å²) in [6.07, 6.45) is 7.76. The molecule has 1 unspecified atom stereocenters. The molecule has 6 atom stereocenters. The second-order valence-electron chi connectivity index (χ2n) is 19.3. The minimum atomic E-state index is -4.06. The molecule has 334 valence electrons. The van der Waals surface area contributed by atoms with Crippen LogP contribution >= 0.6 is 0 Å². The lowest BCUT2D eigenvalue weighted by atomic mass is 9.84. The van der Waals surface area contributed by atoms with Gasteiger partial charge in [0.1, 0.15) is 29.0 Å². The summed E-state index contributed by atoms with van der Waals surface area (Å²) in [5.41, 5.74) is -1.14. The molecule has 1 saturated heterocycles. The maximum Gasteiger partial charge on any atom is 0.408 e. The van der Waals surface area contributed by atoms with Crippen molar-refractivity contribution in [2.24, 2.45) is 11.3 Å². The van der Waals surface area contributed by atoms with Gasteiger partial charge in [-0.25, -0.2) is 30.9 Å². The van der Waals surface area contributed by atoms with E-state index in [1.54, 1.807) is 27.7 Å². The van der Waals surface area contributed by atoms with Gasteiger partial charge in [-0.3, -0.25) is 24.0 Å². The number of pyridine rings is 1. The summed E-state index contributed by atoms with van der Waals surface area (Å²) >= 11 is 0. The fourth-order valence-corrected chi connectivity index (χ4v) is 11.1. The highest BCUT2D eigenvalue weighted by atomic mass is 32.2. The molecular weight excluding hydrogens is 825 g/mol. The summed E-state index contributed by atoms with van der Waals surface area (Å²) in [4.78, 5) is 65.3. The lowest BCUT2D eigenvalue weighted by molar-refractivity contribution is -0.144. The lowest BCUT2D eigenvalue weighted by Gasteiger charge is -2.44. The van der Waals surface area contributed by atoms with E-state index in [1.807, 2.05) is 43.3 Å². The highest BCUT2D eigenvalue weighted by molar-refractivity contribution is 7.91. The standard InChI is InChI=1S/C43H60N6O10S2/c1-27-35-30(29-16-13-14-17-31(29)44-27)19-20-42(59-35)24-33-36(50)45-43(38(52)46-61(57,58)41(5)21-22-41)23-28(43)15-11-9-8-10-12-18-32(37(51)48(33)26-42)49(39(53)54)34(40(2,3)4)25-47(6)60(7,55)56/h11,13-17,28,32-34H,8-10,12,18-26H2,1-7H3,(H,45,50)(H,46,52)(H,53,54)/b15-11-/t28-,32+,33+,34?,42-,43-/m1/s1. The first-order valence-electron chi connectivity index (χ1n) is 21.3. The number of hydrogen-bond donors (Lipinski definition) is 3. The van der Waals surface area contributed by atoms with Gasteiger partial charge >= 0.3 is 6.09 Å². The number of hydrogen-bond acceptors (Lipinski definition) is 10. The largest absolute Gasteiger partial charge is 0.483 e. The van der Waals surface area contributed by atoms with Crippen LogP contribution in [-0.4, -0.2) is 125 Å². The molecule has 7 rings (SSSR count). The van der Waals surface area contributed by atoms with Crippen molar-refractivity contribution < 1.29 is 45.9 Å². The maximum absolute atomic E-state index is 15.5. The lowest BCUT2D eigenvalue weighted by Crippen LogP contribution is -2.62. The van der Waals surface area contributed by atoms with Crippen LogP contribution < -0.4 is 14.8 Å². The molecule has 1 aromatic carbocycles. The number of carboxylic acid groups (broad SMARTS) is 1. The Morgan fingerprint density at radius 2 is 1.79 bits per heavy atom. The Hall–Kier alpha value is -4.29. The van der Waals surface area contributed by atoms with Crippen LogP contribution in [0.15, 0.2) is 36.4 Å². The van der Waals surface area contributed by atoms with Crippen LogP contribution in [0.25, 0.3) is 10.9 Å². The summed E-state index contributed by atoms with van der Waals surface area (Å²) < 4.78 is 61.2. The second kappa shape index (κ2) is 15.8. The van der Waals surface area contributed by atoms with E-state index in [2.05, 4.69) is 10.0 Å². The van der Waals surface area contributed by atoms with E-state index in [0.29, 0.717) is 62.8 Å². The Labute approximate surface area is 358 Å². The predicted octanol–water partition coefficient (Wildman–Crippen LogP) is 4.26. The van der Waals surface area contributed by atoms with E-state index in [1.165, 1.54) is 11.9 Å². The second-order valence-corrected chi connectivity index (χ2v) is 23.6. The molecule has 0 bridgehead atoms. The molecule has 4 amide bonds. The summed E-state index contributed by atoms with van der Waals surface area (Å²) in [6, 6.07) is 4.19. The molecule has 18 heteroatoms. The van der Waals surface area contributed by atoms with Crippen LogP contribution in [0.1, 0.15) is 103 Å². The van der Waals surface area contributed by atoms with Gasteiger partial charge in [-0.2, -0.15) is 0 Å². The van der Waals surface area contributed by atoms with E-state index < -0.39 is 89.2 Å². The molecule has 2 aromatic rings. The molecule has 16 nitrogen and oxygen atoms in total. The molecule has 0 radical (unpaired) electrons. The summed E-state index contributed by atoms with van der Waals surface area (Å²) in [6.45, 7) is 8.49. The van der Waals surface area contributed by atoms with Crippen molar-refractivity contribution in [3.63, 3.8) is 0 Å². The quantitative estimate of drug-likeness (QED) is 0.319. The molecule has 1 spiro atoms. The SMILES string of the molecule is Cc1nc2ccccc2c2c1O[C@]1(CC2)C[C@H]2C(=O)N[C@]3(C(=O)NS(=O)(=O)C4(C)CC4)C[C@H]3/C=C\CCCCC[C@H](N(C(=O)O)C(CN(C)S(C)(=O)=O)C(C)(C)C)C(=O)N2C1. The zero-order valence-corrected chi connectivity index (χ0v) is 37.8. The van der Waals surface area contributed by atoms with Gasteiger partial charge < -0.3 is 20.1 Å². The average Bonchev–Trinajstić information content (AvgIpc) is 4.06. The monoisotopic (exact) mass is 884 g/mol. The molecular formula is C43H60N6O10S2. The number of sulfonamides is 2. The van der Waals surface area contributed by atoms with E-state index in [-0.39, 0.29) is 32.4 Å². The number of fused-ring (bicyclic) bond motifs is 5. The van der Waals surface area contributed by atoms with Crippen molar-refractivity contribution >= 4 is 54.8 Å². The van der Waals surface area contributed by atoms with Gasteiger partial charge in [0.2, 0.25) is 31.9 Å². The summed E-state index contributed by atoms with van der Waals surface area (Å²) in [5, 5.41) is 14.9. The smallest absolute Gasteiger partial charge is 0.408 e. The molecule has 3 N–H and O–H groups in total. The number of aryl methyl sites for hydroxylation is 2. The number of rotatable bonds is 8. The molecule has 2 aliphatic carbocycles. The molecule has 5 aliphatic rings. The number of aromatic nitrogens is 1. The normalized spacial score (nSPS) is 28.9. The number of nitrogens with zero attached hydrogens (tertiary/aromatic N) is 4. The first-order chi connectivity index (χ1) is 28.4. The molecule has 3 aliphatic heterocycles. The summed E-state index contributed by atoms with van der Waals surface area (Å²) in [7, 11) is -6.44. The minimum absolute atomic E-state index is 0.00413. The third kappa shape index (κ3) is 8.60. The number of benzene rings is 1. The van der Waals surface area contributed by atoms with Gasteiger partial charge in [-0.15, -0.1) is 0 Å². The number of carbonyl (C=O) groups is 4. The van der Waals surface area contributed by atoms with Gasteiger partial charge in [0, 0.05) is 36.9 Å². The highest BCUT2D eigenvalue weighted by Crippen LogP contribution is 2.49. The van der Waals surface area contributed by atoms with E-state index in [0.717, 1.165) is 31.9 Å². The van der Waals surface area contributed by atoms with Gasteiger partial charge in [-0.05, 0) is 76.7 Å². The van der Waals surface area contributed by atoms with Crippen molar-refractivity contribution in [3.8, 4) is 5.75 Å². The Morgan fingerprint density at radius 3 is 2.44 bits per heavy atom. The van der Waals surface area contributed by atoms with Crippen molar-refractivity contribution in [2.75, 3.05) is 26.4 Å². The average molecular weight is 885 g/mol. The van der Waals surface area contributed by atoms with Crippen molar-refractivity contribution in [2.45, 2.75) is 139 Å². The van der Waals surface area contributed by atoms with Gasteiger partial charge in [0.25, 0.3) is 5.91 Å². The van der Waals surface area contributed by atoms with Gasteiger partial charge in [-0.1, -0.05) is 64.0 Å². The number of allylic oxidation sites excluding steroid dienone is 1. The minimum Gasteiger partial charge on any atom is -0.483 e. The molecule has 2 saturated carbocycles. The Balaban J connectivity index is 1.30. The number of likely N-dealkylation sites (N-methyl/N-ethyl adjacent to an activating group) is 1. The topological polar surface area (TPSA) is 213 Å². The van der Waals surface area contributed by atoms with Crippen LogP contribution in [0.2, 0.25) is 0 Å². The van der Waals surface area contributed by atoms with Crippen LogP contribution in [0.5, 0.6) is 5.75 Å². The van der Waals surface area contributed by atoms with Crippen molar-refractivity contribution in [1.29, 1.82) is 0 Å². The van der Waals surface area contributed by atoms with E-state index in [4.69, 9.17) is 9.72 Å². The Kier molecular flexibility index (Phi) is 11.6.